The van der Waals surface area contributed by atoms with Gasteiger partial charge in [-0.3, -0.25) is 9.20 Å². The average molecular weight is 252 g/mol. The highest BCUT2D eigenvalue weighted by atomic mass is 32.2. The van der Waals surface area contributed by atoms with Crippen LogP contribution in [0.3, 0.4) is 0 Å². The van der Waals surface area contributed by atoms with Crippen molar-refractivity contribution in [2.24, 2.45) is 0 Å². The summed E-state index contributed by atoms with van der Waals surface area (Å²) in [5, 5.41) is 3.28. The molecule has 0 aliphatic carbocycles. The lowest BCUT2D eigenvalue weighted by atomic mass is 10.4. The van der Waals surface area contributed by atoms with Crippen molar-refractivity contribution in [2.45, 2.75) is 5.03 Å². The standard InChI is InChI=1S/C10H12N4O2S/c1-11-8(15)6-10(16-2)14-5-4-12-9(17-3)7(14)13-6/h4-5H,1-3H3,(H,11,15). The zero-order valence-corrected chi connectivity index (χ0v) is 10.5. The van der Waals surface area contributed by atoms with Crippen molar-refractivity contribution in [1.82, 2.24) is 19.7 Å². The summed E-state index contributed by atoms with van der Waals surface area (Å²) in [6.07, 6.45) is 5.27. The number of hydrogen-bond acceptors (Lipinski definition) is 5. The number of rotatable bonds is 3. The number of methoxy groups -OCH3 is 1. The number of nitrogens with one attached hydrogen (secondary N) is 1. The van der Waals surface area contributed by atoms with Gasteiger partial charge in [0.15, 0.2) is 11.3 Å². The van der Waals surface area contributed by atoms with E-state index in [4.69, 9.17) is 4.74 Å². The molecule has 2 heterocycles. The predicted octanol–water partition coefficient (Wildman–Crippen LogP) is 0.819. The third-order valence-corrected chi connectivity index (χ3v) is 2.97. The minimum atomic E-state index is -0.280. The van der Waals surface area contributed by atoms with Crippen LogP contribution < -0.4 is 10.1 Å². The lowest BCUT2D eigenvalue weighted by Crippen LogP contribution is -2.19. The maximum Gasteiger partial charge on any atom is 0.275 e. The van der Waals surface area contributed by atoms with Gasteiger partial charge in [0, 0.05) is 19.4 Å². The van der Waals surface area contributed by atoms with Crippen molar-refractivity contribution < 1.29 is 9.53 Å². The maximum absolute atomic E-state index is 11.7. The first-order valence-electron chi connectivity index (χ1n) is 4.90. The number of hydrogen-bond donors (Lipinski definition) is 1. The Balaban J connectivity index is 2.74. The SMILES string of the molecule is CNC(=O)c1nc2c(SC)nccn2c1OC. The Bertz CT molecular complexity index is 567. The molecule has 17 heavy (non-hydrogen) atoms. The van der Waals surface area contributed by atoms with E-state index < -0.39 is 0 Å². The second-order valence-electron chi connectivity index (χ2n) is 3.18. The summed E-state index contributed by atoms with van der Waals surface area (Å²) in [5.74, 6) is 0.134. The molecule has 1 N–H and O–H groups in total. The van der Waals surface area contributed by atoms with Crippen LogP contribution in [0.4, 0.5) is 0 Å². The van der Waals surface area contributed by atoms with E-state index in [2.05, 4.69) is 15.3 Å². The van der Waals surface area contributed by atoms with Gasteiger partial charge in [0.2, 0.25) is 5.88 Å². The van der Waals surface area contributed by atoms with Crippen LogP contribution >= 0.6 is 11.8 Å². The number of amides is 1. The van der Waals surface area contributed by atoms with Crippen LogP contribution in [0.1, 0.15) is 10.5 Å². The molecule has 2 aromatic rings. The summed E-state index contributed by atoms with van der Waals surface area (Å²) in [6, 6.07) is 0. The summed E-state index contributed by atoms with van der Waals surface area (Å²) < 4.78 is 6.94. The second kappa shape index (κ2) is 4.62. The molecule has 90 valence electrons. The van der Waals surface area contributed by atoms with E-state index in [0.29, 0.717) is 11.5 Å². The lowest BCUT2D eigenvalue weighted by molar-refractivity contribution is 0.0955. The van der Waals surface area contributed by atoms with Gasteiger partial charge in [-0.25, -0.2) is 9.97 Å². The molecular formula is C10H12N4O2S. The summed E-state index contributed by atoms with van der Waals surface area (Å²) >= 11 is 1.47. The number of thioether (sulfide) groups is 1. The van der Waals surface area contributed by atoms with Crippen molar-refractivity contribution >= 4 is 23.3 Å². The molecule has 0 atom stereocenters. The Labute approximate surface area is 102 Å². The number of imidazole rings is 1. The van der Waals surface area contributed by atoms with Crippen LogP contribution in [0.5, 0.6) is 5.88 Å². The predicted molar refractivity (Wildman–Crippen MR) is 64.7 cm³/mol. The molecule has 0 saturated carbocycles. The van der Waals surface area contributed by atoms with Gasteiger partial charge >= 0.3 is 0 Å². The van der Waals surface area contributed by atoms with Crippen LogP contribution in [-0.2, 0) is 0 Å². The van der Waals surface area contributed by atoms with Crippen LogP contribution in [0.15, 0.2) is 17.4 Å². The van der Waals surface area contributed by atoms with Crippen molar-refractivity contribution in [2.75, 3.05) is 20.4 Å². The maximum atomic E-state index is 11.7. The van der Waals surface area contributed by atoms with E-state index in [9.17, 15) is 4.79 Å². The van der Waals surface area contributed by atoms with Crippen molar-refractivity contribution in [1.29, 1.82) is 0 Å². The van der Waals surface area contributed by atoms with Gasteiger partial charge in [0.1, 0.15) is 5.03 Å². The highest BCUT2D eigenvalue weighted by molar-refractivity contribution is 7.98. The molecule has 6 nitrogen and oxygen atoms in total. The van der Waals surface area contributed by atoms with Crippen molar-refractivity contribution in [3.05, 3.63) is 18.1 Å². The molecule has 0 saturated heterocycles. The van der Waals surface area contributed by atoms with Crippen LogP contribution in [0.25, 0.3) is 5.65 Å². The van der Waals surface area contributed by atoms with E-state index in [1.807, 2.05) is 6.26 Å². The number of nitrogens with zero attached hydrogens (tertiary/aromatic N) is 3. The van der Waals surface area contributed by atoms with E-state index in [-0.39, 0.29) is 11.6 Å². The van der Waals surface area contributed by atoms with Crippen LogP contribution in [0.2, 0.25) is 0 Å². The summed E-state index contributed by atoms with van der Waals surface area (Å²) in [7, 11) is 3.06. The molecule has 1 amide bonds. The molecule has 2 aromatic heterocycles. The quantitative estimate of drug-likeness (QED) is 0.819. The zero-order chi connectivity index (χ0) is 12.4. The van der Waals surface area contributed by atoms with Gasteiger partial charge < -0.3 is 10.1 Å². The molecule has 0 aliphatic rings. The topological polar surface area (TPSA) is 68.5 Å². The Morgan fingerprint density at radius 1 is 1.59 bits per heavy atom. The Hall–Kier alpha value is -1.76. The molecule has 7 heteroatoms. The smallest absolute Gasteiger partial charge is 0.275 e. The first kappa shape index (κ1) is 11.7. The summed E-state index contributed by atoms with van der Waals surface area (Å²) in [6.45, 7) is 0. The van der Waals surface area contributed by atoms with Crippen molar-refractivity contribution in [3.63, 3.8) is 0 Å². The van der Waals surface area contributed by atoms with Gasteiger partial charge in [0.05, 0.1) is 7.11 Å². The second-order valence-corrected chi connectivity index (χ2v) is 3.97. The molecule has 2 rings (SSSR count). The highest BCUT2D eigenvalue weighted by Crippen LogP contribution is 2.25. The summed E-state index contributed by atoms with van der Waals surface area (Å²) in [4.78, 5) is 20.1. The molecule has 0 radical (unpaired) electrons. The minimum Gasteiger partial charge on any atom is -0.480 e. The van der Waals surface area contributed by atoms with Gasteiger partial charge in [-0.15, -0.1) is 11.8 Å². The monoisotopic (exact) mass is 252 g/mol. The average Bonchev–Trinajstić information content (AvgIpc) is 2.75. The van der Waals surface area contributed by atoms with Gasteiger partial charge in [0.25, 0.3) is 5.91 Å². The third-order valence-electron chi connectivity index (χ3n) is 2.29. The molecule has 0 aromatic carbocycles. The molecule has 0 unspecified atom stereocenters. The van der Waals surface area contributed by atoms with E-state index in [1.165, 1.54) is 18.9 Å². The minimum absolute atomic E-state index is 0.262. The van der Waals surface area contributed by atoms with Crippen LogP contribution in [-0.4, -0.2) is 40.7 Å². The van der Waals surface area contributed by atoms with E-state index >= 15 is 0 Å². The largest absolute Gasteiger partial charge is 0.480 e. The number of carbonyl (C=O) groups excluding carboxylic acids is 1. The third kappa shape index (κ3) is 1.82. The normalized spacial score (nSPS) is 10.5. The molecule has 0 spiro atoms. The fourth-order valence-corrected chi connectivity index (χ4v) is 2.03. The Morgan fingerprint density at radius 3 is 2.94 bits per heavy atom. The van der Waals surface area contributed by atoms with Gasteiger partial charge in [-0.1, -0.05) is 0 Å². The first-order valence-corrected chi connectivity index (χ1v) is 6.12. The molecule has 0 bridgehead atoms. The van der Waals surface area contributed by atoms with Gasteiger partial charge in [-0.05, 0) is 6.26 Å². The number of ether oxygens (including phenoxy) is 1. The van der Waals surface area contributed by atoms with E-state index in [0.717, 1.165) is 5.03 Å². The molecule has 0 fully saturated rings. The molecule has 0 aliphatic heterocycles. The fraction of sp³-hybridized carbons (Fsp3) is 0.300. The van der Waals surface area contributed by atoms with Gasteiger partial charge in [-0.2, -0.15) is 0 Å². The highest BCUT2D eigenvalue weighted by Gasteiger charge is 2.20. The van der Waals surface area contributed by atoms with Crippen molar-refractivity contribution in [3.8, 4) is 5.88 Å². The van der Waals surface area contributed by atoms with Crippen LogP contribution in [0, 0.1) is 0 Å². The number of aromatic nitrogens is 3. The Morgan fingerprint density at radius 2 is 2.35 bits per heavy atom. The zero-order valence-electron chi connectivity index (χ0n) is 9.72. The number of fused-ring (bicyclic) bond motifs is 1. The Kier molecular flexibility index (Phi) is 3.19. The lowest BCUT2D eigenvalue weighted by Gasteiger charge is -2.02. The number of carbonyl (C=O) groups is 1. The fourth-order valence-electron chi connectivity index (χ4n) is 1.54. The molecular weight excluding hydrogens is 240 g/mol. The van der Waals surface area contributed by atoms with E-state index in [1.54, 1.807) is 23.8 Å². The summed E-state index contributed by atoms with van der Waals surface area (Å²) in [5.41, 5.74) is 0.883. The first-order chi connectivity index (χ1) is 8.22.